The molecule has 1 aromatic heterocycles. The SMILES string of the molecule is CN1CCC(NC(=O)c2ccc(COc3ccc(Cl)cc3)o2)CC1. The van der Waals surface area contributed by atoms with Crippen LogP contribution in [0.2, 0.25) is 5.02 Å². The lowest BCUT2D eigenvalue weighted by molar-refractivity contribution is 0.0884. The molecule has 1 aromatic carbocycles. The van der Waals surface area contributed by atoms with Crippen LogP contribution in [-0.2, 0) is 6.61 Å². The van der Waals surface area contributed by atoms with Crippen LogP contribution < -0.4 is 10.1 Å². The van der Waals surface area contributed by atoms with E-state index in [1.54, 1.807) is 36.4 Å². The van der Waals surface area contributed by atoms with E-state index in [1.165, 1.54) is 0 Å². The first-order chi connectivity index (χ1) is 11.6. The summed E-state index contributed by atoms with van der Waals surface area (Å²) in [5, 5.41) is 3.69. The van der Waals surface area contributed by atoms with Gasteiger partial charge in [0.25, 0.3) is 5.91 Å². The fourth-order valence-corrected chi connectivity index (χ4v) is 2.80. The fourth-order valence-electron chi connectivity index (χ4n) is 2.67. The normalized spacial score (nSPS) is 16.1. The molecule has 1 aliphatic rings. The lowest BCUT2D eigenvalue weighted by Gasteiger charge is -2.29. The molecule has 0 radical (unpaired) electrons. The molecular weight excluding hydrogens is 328 g/mol. The standard InChI is InChI=1S/C18H21ClN2O3/c1-21-10-8-14(9-11-21)20-18(22)17-7-6-16(24-17)12-23-15-4-2-13(19)3-5-15/h2-7,14H,8-12H2,1H3,(H,20,22). The lowest BCUT2D eigenvalue weighted by atomic mass is 10.1. The number of halogens is 1. The minimum atomic E-state index is -0.165. The zero-order valence-electron chi connectivity index (χ0n) is 13.6. The third-order valence-electron chi connectivity index (χ3n) is 4.13. The minimum Gasteiger partial charge on any atom is -0.486 e. The molecule has 1 fully saturated rings. The van der Waals surface area contributed by atoms with Gasteiger partial charge in [-0.05, 0) is 69.4 Å². The molecular formula is C18H21ClN2O3. The van der Waals surface area contributed by atoms with Crippen LogP contribution in [0.5, 0.6) is 5.75 Å². The molecule has 1 amide bonds. The molecule has 5 nitrogen and oxygen atoms in total. The van der Waals surface area contributed by atoms with Gasteiger partial charge in [0, 0.05) is 11.1 Å². The Morgan fingerprint density at radius 1 is 1.25 bits per heavy atom. The number of likely N-dealkylation sites (tertiary alicyclic amines) is 1. The fraction of sp³-hybridized carbons (Fsp3) is 0.389. The van der Waals surface area contributed by atoms with Gasteiger partial charge in [-0.15, -0.1) is 0 Å². The van der Waals surface area contributed by atoms with Gasteiger partial charge in [0.1, 0.15) is 18.1 Å². The van der Waals surface area contributed by atoms with E-state index in [4.69, 9.17) is 20.8 Å². The highest BCUT2D eigenvalue weighted by atomic mass is 35.5. The zero-order chi connectivity index (χ0) is 16.9. The number of carbonyl (C=O) groups excluding carboxylic acids is 1. The van der Waals surface area contributed by atoms with Crippen LogP contribution in [0.1, 0.15) is 29.2 Å². The van der Waals surface area contributed by atoms with Crippen molar-refractivity contribution in [1.82, 2.24) is 10.2 Å². The van der Waals surface area contributed by atoms with Crippen LogP contribution in [0, 0.1) is 0 Å². The Bertz CT molecular complexity index is 676. The highest BCUT2D eigenvalue weighted by Crippen LogP contribution is 2.18. The van der Waals surface area contributed by atoms with Gasteiger partial charge in [-0.1, -0.05) is 11.6 Å². The van der Waals surface area contributed by atoms with E-state index >= 15 is 0 Å². The van der Waals surface area contributed by atoms with Crippen molar-refractivity contribution in [3.63, 3.8) is 0 Å². The topological polar surface area (TPSA) is 54.7 Å². The van der Waals surface area contributed by atoms with Gasteiger partial charge in [0.15, 0.2) is 5.76 Å². The number of nitrogens with zero attached hydrogens (tertiary/aromatic N) is 1. The van der Waals surface area contributed by atoms with Gasteiger partial charge in [-0.25, -0.2) is 0 Å². The zero-order valence-corrected chi connectivity index (χ0v) is 14.4. The summed E-state index contributed by atoms with van der Waals surface area (Å²) in [6.07, 6.45) is 1.94. The maximum absolute atomic E-state index is 12.2. The van der Waals surface area contributed by atoms with Crippen molar-refractivity contribution in [2.24, 2.45) is 0 Å². The van der Waals surface area contributed by atoms with Gasteiger partial charge in [0.2, 0.25) is 0 Å². The quantitative estimate of drug-likeness (QED) is 0.900. The second kappa shape index (κ2) is 7.73. The van der Waals surface area contributed by atoms with E-state index in [2.05, 4.69) is 17.3 Å². The number of ether oxygens (including phenoxy) is 1. The summed E-state index contributed by atoms with van der Waals surface area (Å²) in [4.78, 5) is 14.5. The van der Waals surface area contributed by atoms with E-state index in [-0.39, 0.29) is 18.6 Å². The van der Waals surface area contributed by atoms with Crippen molar-refractivity contribution in [1.29, 1.82) is 0 Å². The summed E-state index contributed by atoms with van der Waals surface area (Å²) in [6, 6.07) is 10.8. The first kappa shape index (κ1) is 16.9. The van der Waals surface area contributed by atoms with Crippen molar-refractivity contribution < 1.29 is 13.9 Å². The van der Waals surface area contributed by atoms with E-state index in [9.17, 15) is 4.79 Å². The van der Waals surface area contributed by atoms with Crippen molar-refractivity contribution in [3.05, 3.63) is 52.9 Å². The molecule has 0 unspecified atom stereocenters. The Morgan fingerprint density at radius 3 is 2.67 bits per heavy atom. The summed E-state index contributed by atoms with van der Waals surface area (Å²) >= 11 is 5.83. The van der Waals surface area contributed by atoms with Crippen LogP contribution in [0.4, 0.5) is 0 Å². The molecule has 24 heavy (non-hydrogen) atoms. The van der Waals surface area contributed by atoms with Crippen molar-refractivity contribution in [3.8, 4) is 5.75 Å². The molecule has 0 saturated carbocycles. The molecule has 1 saturated heterocycles. The summed E-state index contributed by atoms with van der Waals surface area (Å²) in [5.74, 6) is 1.47. The van der Waals surface area contributed by atoms with Crippen molar-refractivity contribution >= 4 is 17.5 Å². The second-order valence-corrected chi connectivity index (χ2v) is 6.50. The third kappa shape index (κ3) is 4.52. The predicted octanol–water partition coefficient (Wildman–Crippen LogP) is 3.34. The molecule has 0 atom stereocenters. The Kier molecular flexibility index (Phi) is 5.43. The number of nitrogens with one attached hydrogen (secondary N) is 1. The molecule has 128 valence electrons. The van der Waals surface area contributed by atoms with E-state index in [0.717, 1.165) is 25.9 Å². The average Bonchev–Trinajstić information content (AvgIpc) is 3.06. The minimum absolute atomic E-state index is 0.165. The summed E-state index contributed by atoms with van der Waals surface area (Å²) < 4.78 is 11.2. The molecule has 6 heteroatoms. The Labute approximate surface area is 146 Å². The molecule has 1 N–H and O–H groups in total. The van der Waals surface area contributed by atoms with E-state index < -0.39 is 0 Å². The number of amides is 1. The predicted molar refractivity (Wildman–Crippen MR) is 92.5 cm³/mol. The third-order valence-corrected chi connectivity index (χ3v) is 4.39. The molecule has 2 aromatic rings. The van der Waals surface area contributed by atoms with Gasteiger partial charge in [0.05, 0.1) is 0 Å². The van der Waals surface area contributed by atoms with Crippen LogP contribution in [0.25, 0.3) is 0 Å². The average molecular weight is 349 g/mol. The Morgan fingerprint density at radius 2 is 1.96 bits per heavy atom. The van der Waals surface area contributed by atoms with E-state index in [1.807, 2.05) is 0 Å². The number of hydrogen-bond acceptors (Lipinski definition) is 4. The van der Waals surface area contributed by atoms with Crippen molar-refractivity contribution in [2.75, 3.05) is 20.1 Å². The van der Waals surface area contributed by atoms with Crippen LogP contribution in [0.15, 0.2) is 40.8 Å². The number of hydrogen-bond donors (Lipinski definition) is 1. The van der Waals surface area contributed by atoms with Gasteiger partial charge in [-0.2, -0.15) is 0 Å². The number of rotatable bonds is 5. The molecule has 0 spiro atoms. The smallest absolute Gasteiger partial charge is 0.287 e. The first-order valence-electron chi connectivity index (χ1n) is 8.06. The molecule has 0 aliphatic carbocycles. The second-order valence-electron chi connectivity index (χ2n) is 6.06. The van der Waals surface area contributed by atoms with Gasteiger partial charge < -0.3 is 19.4 Å². The van der Waals surface area contributed by atoms with Crippen LogP contribution >= 0.6 is 11.6 Å². The van der Waals surface area contributed by atoms with Crippen LogP contribution in [0.3, 0.4) is 0 Å². The highest BCUT2D eigenvalue weighted by Gasteiger charge is 2.20. The maximum Gasteiger partial charge on any atom is 0.287 e. The van der Waals surface area contributed by atoms with Crippen LogP contribution in [-0.4, -0.2) is 37.0 Å². The number of benzene rings is 1. The summed E-state index contributed by atoms with van der Waals surface area (Å²) in [7, 11) is 2.09. The summed E-state index contributed by atoms with van der Waals surface area (Å²) in [6.45, 7) is 2.27. The monoisotopic (exact) mass is 348 g/mol. The maximum atomic E-state index is 12.2. The van der Waals surface area contributed by atoms with Gasteiger partial charge in [-0.3, -0.25) is 4.79 Å². The highest BCUT2D eigenvalue weighted by molar-refractivity contribution is 6.30. The van der Waals surface area contributed by atoms with E-state index in [0.29, 0.717) is 22.3 Å². The molecule has 1 aliphatic heterocycles. The summed E-state index contributed by atoms with van der Waals surface area (Å²) in [5.41, 5.74) is 0. The molecule has 0 bridgehead atoms. The number of furan rings is 1. The number of piperidine rings is 1. The van der Waals surface area contributed by atoms with Crippen molar-refractivity contribution in [2.45, 2.75) is 25.5 Å². The Balaban J connectivity index is 1.51. The van der Waals surface area contributed by atoms with Gasteiger partial charge >= 0.3 is 0 Å². The number of carbonyl (C=O) groups is 1. The Hall–Kier alpha value is -1.98. The molecule has 2 heterocycles. The molecule has 3 rings (SSSR count). The first-order valence-corrected chi connectivity index (χ1v) is 8.44. The lowest BCUT2D eigenvalue weighted by Crippen LogP contribution is -2.43. The largest absolute Gasteiger partial charge is 0.486 e.